The second-order valence-electron chi connectivity index (χ2n) is 2.62. The minimum absolute atomic E-state index is 0.0916. The Balaban J connectivity index is 3.08. The lowest BCUT2D eigenvalue weighted by Gasteiger charge is -2.03. The first kappa shape index (κ1) is 12.8. The van der Waals surface area contributed by atoms with Crippen LogP contribution in [0, 0.1) is 0 Å². The van der Waals surface area contributed by atoms with Gasteiger partial charge in [-0.25, -0.2) is 4.79 Å². The van der Waals surface area contributed by atoms with Crippen LogP contribution in [-0.4, -0.2) is 37.8 Å². The van der Waals surface area contributed by atoms with Crippen LogP contribution in [0.25, 0.3) is 0 Å². The number of rotatable bonds is 8. The Hall–Kier alpha value is -0.220. The fourth-order valence-electron chi connectivity index (χ4n) is 0.718. The Kier molecular flexibility index (Phi) is 9.70. The third kappa shape index (κ3) is 9.70. The highest BCUT2D eigenvalue weighted by Gasteiger charge is 2.00. The molecule has 0 aliphatic carbocycles. The summed E-state index contributed by atoms with van der Waals surface area (Å²) in [6.45, 7) is 3.19. The van der Waals surface area contributed by atoms with Gasteiger partial charge in [0.1, 0.15) is 6.61 Å². The fraction of sp³-hybridized carbons (Fsp3) is 0.889. The molecule has 0 aromatic rings. The largest absolute Gasteiger partial charge is 0.464 e. The van der Waals surface area contributed by atoms with Gasteiger partial charge in [-0.1, -0.05) is 6.92 Å². The average molecular weight is 206 g/mol. The molecule has 0 aliphatic heterocycles. The second-order valence-corrected chi connectivity index (χ2v) is 3.61. The molecule has 0 aromatic carbocycles. The molecule has 0 aromatic heterocycles. The number of thioether (sulfide) groups is 1. The summed E-state index contributed by atoms with van der Waals surface area (Å²) < 4.78 is 9.94. The van der Waals surface area contributed by atoms with E-state index in [2.05, 4.69) is 6.26 Å². The fourth-order valence-corrected chi connectivity index (χ4v) is 1.12. The summed E-state index contributed by atoms with van der Waals surface area (Å²) in [4.78, 5) is 10.9. The van der Waals surface area contributed by atoms with Crippen molar-refractivity contribution in [1.29, 1.82) is 0 Å². The van der Waals surface area contributed by atoms with Crippen LogP contribution in [0.15, 0.2) is 0 Å². The Morgan fingerprint density at radius 2 is 2.15 bits per heavy atom. The van der Waals surface area contributed by atoms with Gasteiger partial charge in [0, 0.05) is 6.61 Å². The quantitative estimate of drug-likeness (QED) is 0.447. The van der Waals surface area contributed by atoms with E-state index < -0.39 is 0 Å². The number of hydrogen-bond donors (Lipinski definition) is 0. The molecule has 0 radical (unpaired) electrons. The summed E-state index contributed by atoms with van der Waals surface area (Å²) in [6, 6.07) is 0. The molecule has 3 nitrogen and oxygen atoms in total. The summed E-state index contributed by atoms with van der Waals surface area (Å²) in [5, 5.41) is 0. The molecule has 0 amide bonds. The molecule has 0 saturated heterocycles. The maximum absolute atomic E-state index is 10.9. The summed E-state index contributed by atoms with van der Waals surface area (Å²) in [5.41, 5.74) is 0. The smallest absolute Gasteiger partial charge is 0.332 e. The van der Waals surface area contributed by atoms with Crippen molar-refractivity contribution in [2.75, 3.05) is 31.8 Å². The van der Waals surface area contributed by atoms with Gasteiger partial charge in [0.2, 0.25) is 0 Å². The highest BCUT2D eigenvalue weighted by molar-refractivity contribution is 7.98. The minimum Gasteiger partial charge on any atom is -0.464 e. The molecule has 4 heteroatoms. The van der Waals surface area contributed by atoms with E-state index in [0.29, 0.717) is 13.2 Å². The number of carbonyl (C=O) groups excluding carboxylic acids is 1. The van der Waals surface area contributed by atoms with Crippen molar-refractivity contribution >= 4 is 17.7 Å². The zero-order chi connectivity index (χ0) is 9.94. The van der Waals surface area contributed by atoms with E-state index >= 15 is 0 Å². The first-order chi connectivity index (χ1) is 6.31. The van der Waals surface area contributed by atoms with Gasteiger partial charge in [-0.2, -0.15) is 11.8 Å². The third-order valence-corrected chi connectivity index (χ3v) is 2.02. The monoisotopic (exact) mass is 206 g/mol. The molecular weight excluding hydrogens is 188 g/mol. The average Bonchev–Trinajstić information content (AvgIpc) is 2.14. The molecule has 0 bridgehead atoms. The SMILES string of the molecule is CCCOC(=O)COCCCSC. The van der Waals surface area contributed by atoms with Crippen LogP contribution in [0.2, 0.25) is 0 Å². The topological polar surface area (TPSA) is 35.5 Å². The van der Waals surface area contributed by atoms with Gasteiger partial charge in [0.05, 0.1) is 6.61 Å². The number of hydrogen-bond acceptors (Lipinski definition) is 4. The van der Waals surface area contributed by atoms with E-state index in [1.165, 1.54) is 0 Å². The maximum Gasteiger partial charge on any atom is 0.332 e. The van der Waals surface area contributed by atoms with Crippen LogP contribution in [0.3, 0.4) is 0 Å². The lowest BCUT2D eigenvalue weighted by atomic mass is 10.5. The van der Waals surface area contributed by atoms with E-state index in [1.54, 1.807) is 11.8 Å². The second kappa shape index (κ2) is 9.86. The number of ether oxygens (including phenoxy) is 2. The van der Waals surface area contributed by atoms with Crippen molar-refractivity contribution < 1.29 is 14.3 Å². The molecule has 13 heavy (non-hydrogen) atoms. The summed E-state index contributed by atoms with van der Waals surface area (Å²) in [6.07, 6.45) is 3.90. The number of carbonyl (C=O) groups is 1. The summed E-state index contributed by atoms with van der Waals surface area (Å²) >= 11 is 1.78. The maximum atomic E-state index is 10.9. The highest BCUT2D eigenvalue weighted by Crippen LogP contribution is 1.95. The summed E-state index contributed by atoms with van der Waals surface area (Å²) in [5.74, 6) is 0.815. The van der Waals surface area contributed by atoms with Crippen molar-refractivity contribution in [2.24, 2.45) is 0 Å². The van der Waals surface area contributed by atoms with Crippen molar-refractivity contribution in [3.8, 4) is 0 Å². The molecule has 0 N–H and O–H groups in total. The molecular formula is C9H18O3S. The van der Waals surface area contributed by atoms with Gasteiger partial charge in [0.25, 0.3) is 0 Å². The predicted molar refractivity (Wildman–Crippen MR) is 55.1 cm³/mol. The van der Waals surface area contributed by atoms with E-state index in [1.807, 2.05) is 6.92 Å². The van der Waals surface area contributed by atoms with Crippen molar-refractivity contribution in [3.05, 3.63) is 0 Å². The zero-order valence-electron chi connectivity index (χ0n) is 8.38. The van der Waals surface area contributed by atoms with Gasteiger partial charge >= 0.3 is 5.97 Å². The Bertz CT molecular complexity index is 128. The highest BCUT2D eigenvalue weighted by atomic mass is 32.2. The van der Waals surface area contributed by atoms with Crippen LogP contribution in [0.4, 0.5) is 0 Å². The minimum atomic E-state index is -0.258. The Morgan fingerprint density at radius 1 is 1.38 bits per heavy atom. The van der Waals surface area contributed by atoms with Crippen LogP contribution in [0.1, 0.15) is 19.8 Å². The first-order valence-electron chi connectivity index (χ1n) is 4.53. The molecule has 78 valence electrons. The van der Waals surface area contributed by atoms with Crippen molar-refractivity contribution in [2.45, 2.75) is 19.8 Å². The van der Waals surface area contributed by atoms with Gasteiger partial charge in [0.15, 0.2) is 0 Å². The van der Waals surface area contributed by atoms with Crippen molar-refractivity contribution in [3.63, 3.8) is 0 Å². The van der Waals surface area contributed by atoms with Crippen LogP contribution >= 0.6 is 11.8 Å². The van der Waals surface area contributed by atoms with E-state index in [4.69, 9.17) is 9.47 Å². The Labute approximate surface area is 84.2 Å². The van der Waals surface area contributed by atoms with E-state index in [9.17, 15) is 4.79 Å². The molecule has 0 heterocycles. The van der Waals surface area contributed by atoms with Crippen LogP contribution in [0.5, 0.6) is 0 Å². The third-order valence-electron chi connectivity index (χ3n) is 1.32. The Morgan fingerprint density at radius 3 is 2.77 bits per heavy atom. The van der Waals surface area contributed by atoms with Crippen LogP contribution in [-0.2, 0) is 14.3 Å². The van der Waals surface area contributed by atoms with E-state index in [-0.39, 0.29) is 12.6 Å². The lowest BCUT2D eigenvalue weighted by molar-refractivity contribution is -0.148. The summed E-state index contributed by atoms with van der Waals surface area (Å²) in [7, 11) is 0. The molecule has 0 spiro atoms. The normalized spacial score (nSPS) is 10.0. The lowest BCUT2D eigenvalue weighted by Crippen LogP contribution is -2.13. The number of esters is 1. The molecule has 0 rings (SSSR count). The molecule has 0 atom stereocenters. The molecule has 0 saturated carbocycles. The molecule has 0 aliphatic rings. The zero-order valence-corrected chi connectivity index (χ0v) is 9.19. The van der Waals surface area contributed by atoms with Gasteiger partial charge in [-0.15, -0.1) is 0 Å². The standard InChI is InChI=1S/C9H18O3S/c1-3-5-12-9(10)8-11-6-4-7-13-2/h3-8H2,1-2H3. The predicted octanol–water partition coefficient (Wildman–Crippen LogP) is 1.71. The van der Waals surface area contributed by atoms with Crippen molar-refractivity contribution in [1.82, 2.24) is 0 Å². The van der Waals surface area contributed by atoms with Gasteiger partial charge in [-0.3, -0.25) is 0 Å². The van der Waals surface area contributed by atoms with Gasteiger partial charge < -0.3 is 9.47 Å². The van der Waals surface area contributed by atoms with Gasteiger partial charge in [-0.05, 0) is 24.9 Å². The van der Waals surface area contributed by atoms with E-state index in [0.717, 1.165) is 18.6 Å². The molecule has 0 unspecified atom stereocenters. The molecule has 0 fully saturated rings. The van der Waals surface area contributed by atoms with Crippen LogP contribution < -0.4 is 0 Å². The first-order valence-corrected chi connectivity index (χ1v) is 5.93.